The highest BCUT2D eigenvalue weighted by atomic mass is 127. The number of hydrogen-bond donors (Lipinski definition) is 1. The number of carbonyl (C=O) groups excluding carboxylic acids is 1. The molecule has 2 aromatic carbocycles. The SMILES string of the molecule is COc1ccc(/C=N\NC(=O)COc2c(C)cc(I)cc2C)cc1. The van der Waals surface area contributed by atoms with Crippen LogP contribution in [0.2, 0.25) is 0 Å². The average Bonchev–Trinajstić information content (AvgIpc) is 2.54. The molecule has 0 unspecified atom stereocenters. The number of aryl methyl sites for hydroxylation is 2. The van der Waals surface area contributed by atoms with E-state index in [1.54, 1.807) is 13.3 Å². The van der Waals surface area contributed by atoms with Gasteiger partial charge in [-0.1, -0.05) is 0 Å². The van der Waals surface area contributed by atoms with Crippen molar-refractivity contribution in [3.8, 4) is 11.5 Å². The van der Waals surface area contributed by atoms with E-state index in [2.05, 4.69) is 33.1 Å². The van der Waals surface area contributed by atoms with Crippen molar-refractivity contribution in [2.45, 2.75) is 13.8 Å². The number of carbonyl (C=O) groups is 1. The first-order chi connectivity index (χ1) is 11.5. The maximum Gasteiger partial charge on any atom is 0.277 e. The number of nitrogens with one attached hydrogen (secondary N) is 1. The molecule has 0 spiro atoms. The lowest BCUT2D eigenvalue weighted by molar-refractivity contribution is -0.123. The maximum absolute atomic E-state index is 11.8. The first-order valence-electron chi connectivity index (χ1n) is 7.35. The molecule has 0 atom stereocenters. The van der Waals surface area contributed by atoms with Gasteiger partial charge in [-0.2, -0.15) is 5.10 Å². The van der Waals surface area contributed by atoms with Crippen LogP contribution in [0.4, 0.5) is 0 Å². The Bertz CT molecular complexity index is 719. The number of benzene rings is 2. The molecule has 0 aromatic heterocycles. The second-order valence-electron chi connectivity index (χ2n) is 5.22. The molecule has 0 heterocycles. The van der Waals surface area contributed by atoms with Gasteiger partial charge in [0.1, 0.15) is 11.5 Å². The number of hydrogen-bond acceptors (Lipinski definition) is 4. The van der Waals surface area contributed by atoms with Crippen LogP contribution < -0.4 is 14.9 Å². The first-order valence-corrected chi connectivity index (χ1v) is 8.43. The average molecular weight is 438 g/mol. The van der Waals surface area contributed by atoms with E-state index < -0.39 is 0 Å². The third kappa shape index (κ3) is 5.23. The van der Waals surface area contributed by atoms with Crippen molar-refractivity contribution in [3.63, 3.8) is 0 Å². The molecule has 6 heteroatoms. The highest BCUT2D eigenvalue weighted by Crippen LogP contribution is 2.25. The summed E-state index contributed by atoms with van der Waals surface area (Å²) >= 11 is 2.26. The molecule has 24 heavy (non-hydrogen) atoms. The van der Waals surface area contributed by atoms with Gasteiger partial charge in [0.15, 0.2) is 6.61 Å². The quantitative estimate of drug-likeness (QED) is 0.427. The van der Waals surface area contributed by atoms with Crippen molar-refractivity contribution in [1.29, 1.82) is 0 Å². The summed E-state index contributed by atoms with van der Waals surface area (Å²) in [6, 6.07) is 11.4. The van der Waals surface area contributed by atoms with Crippen molar-refractivity contribution >= 4 is 34.7 Å². The second kappa shape index (κ2) is 8.68. The van der Waals surface area contributed by atoms with Crippen molar-refractivity contribution in [2.75, 3.05) is 13.7 Å². The molecule has 0 fully saturated rings. The van der Waals surface area contributed by atoms with Gasteiger partial charge in [0.25, 0.3) is 5.91 Å². The second-order valence-corrected chi connectivity index (χ2v) is 6.47. The van der Waals surface area contributed by atoms with Gasteiger partial charge in [-0.25, -0.2) is 5.43 Å². The molecule has 0 saturated carbocycles. The van der Waals surface area contributed by atoms with Crippen molar-refractivity contribution in [1.82, 2.24) is 5.43 Å². The Morgan fingerprint density at radius 3 is 2.42 bits per heavy atom. The van der Waals surface area contributed by atoms with Gasteiger partial charge in [-0.05, 0) is 89.5 Å². The first kappa shape index (κ1) is 18.3. The highest BCUT2D eigenvalue weighted by Gasteiger charge is 2.08. The molecule has 1 amide bonds. The molecule has 0 aliphatic carbocycles. The Labute approximate surface area is 155 Å². The lowest BCUT2D eigenvalue weighted by Gasteiger charge is -2.11. The smallest absolute Gasteiger partial charge is 0.277 e. The van der Waals surface area contributed by atoms with E-state index in [1.807, 2.05) is 50.2 Å². The van der Waals surface area contributed by atoms with Crippen LogP contribution in [0.3, 0.4) is 0 Å². The fourth-order valence-corrected chi connectivity index (χ4v) is 3.10. The van der Waals surface area contributed by atoms with Crippen LogP contribution in [0.5, 0.6) is 11.5 Å². The molecule has 0 saturated heterocycles. The van der Waals surface area contributed by atoms with Crippen LogP contribution in [-0.4, -0.2) is 25.8 Å². The number of ether oxygens (including phenoxy) is 2. The van der Waals surface area contributed by atoms with Gasteiger partial charge in [-0.15, -0.1) is 0 Å². The molecule has 126 valence electrons. The largest absolute Gasteiger partial charge is 0.497 e. The molecule has 5 nitrogen and oxygen atoms in total. The molecule has 2 rings (SSSR count). The van der Waals surface area contributed by atoms with Crippen molar-refractivity contribution < 1.29 is 14.3 Å². The van der Waals surface area contributed by atoms with E-state index in [-0.39, 0.29) is 12.5 Å². The van der Waals surface area contributed by atoms with E-state index in [0.717, 1.165) is 31.8 Å². The Hall–Kier alpha value is -2.09. The predicted molar refractivity (Wildman–Crippen MR) is 103 cm³/mol. The van der Waals surface area contributed by atoms with Crippen molar-refractivity contribution in [2.24, 2.45) is 5.10 Å². The van der Waals surface area contributed by atoms with Gasteiger partial charge >= 0.3 is 0 Å². The van der Waals surface area contributed by atoms with E-state index in [0.29, 0.717) is 0 Å². The Balaban J connectivity index is 1.86. The third-order valence-corrected chi connectivity index (χ3v) is 3.91. The summed E-state index contributed by atoms with van der Waals surface area (Å²) in [6.45, 7) is 3.84. The van der Waals surface area contributed by atoms with Gasteiger partial charge < -0.3 is 9.47 Å². The molecule has 1 N–H and O–H groups in total. The highest BCUT2D eigenvalue weighted by molar-refractivity contribution is 14.1. The number of nitrogens with zero attached hydrogens (tertiary/aromatic N) is 1. The number of methoxy groups -OCH3 is 1. The summed E-state index contributed by atoms with van der Waals surface area (Å²) in [7, 11) is 1.61. The summed E-state index contributed by atoms with van der Waals surface area (Å²) in [5, 5.41) is 3.92. The van der Waals surface area contributed by atoms with Crippen LogP contribution in [0.15, 0.2) is 41.5 Å². The molecule has 0 aliphatic heterocycles. The Morgan fingerprint density at radius 1 is 1.21 bits per heavy atom. The van der Waals surface area contributed by atoms with Gasteiger partial charge in [-0.3, -0.25) is 4.79 Å². The van der Waals surface area contributed by atoms with Gasteiger partial charge in [0, 0.05) is 3.57 Å². The fraction of sp³-hybridized carbons (Fsp3) is 0.222. The zero-order valence-corrected chi connectivity index (χ0v) is 16.0. The van der Waals surface area contributed by atoms with Gasteiger partial charge in [0.05, 0.1) is 13.3 Å². The van der Waals surface area contributed by atoms with E-state index >= 15 is 0 Å². The van der Waals surface area contributed by atoms with Crippen LogP contribution in [-0.2, 0) is 4.79 Å². The molecule has 0 radical (unpaired) electrons. The summed E-state index contributed by atoms with van der Waals surface area (Å²) in [5.74, 6) is 1.20. The fourth-order valence-electron chi connectivity index (χ4n) is 2.16. The van der Waals surface area contributed by atoms with E-state index in [1.165, 1.54) is 0 Å². The lowest BCUT2D eigenvalue weighted by Crippen LogP contribution is -2.25. The minimum absolute atomic E-state index is 0.0811. The van der Waals surface area contributed by atoms with Crippen LogP contribution in [0, 0.1) is 17.4 Å². The predicted octanol–water partition coefficient (Wildman–Crippen LogP) is 3.45. The third-order valence-electron chi connectivity index (χ3n) is 3.29. The summed E-state index contributed by atoms with van der Waals surface area (Å²) in [5.41, 5.74) is 5.33. The van der Waals surface area contributed by atoms with Crippen LogP contribution >= 0.6 is 22.6 Å². The molecular weight excluding hydrogens is 419 g/mol. The summed E-state index contributed by atoms with van der Waals surface area (Å²) in [4.78, 5) is 11.8. The number of rotatable bonds is 6. The number of halogens is 1. The monoisotopic (exact) mass is 438 g/mol. The van der Waals surface area contributed by atoms with E-state index in [4.69, 9.17) is 9.47 Å². The van der Waals surface area contributed by atoms with Crippen molar-refractivity contribution in [3.05, 3.63) is 56.7 Å². The number of amides is 1. The molecule has 2 aromatic rings. The molecular formula is C18H19IN2O3. The lowest BCUT2D eigenvalue weighted by atomic mass is 10.1. The minimum Gasteiger partial charge on any atom is -0.497 e. The summed E-state index contributed by atoms with van der Waals surface area (Å²) in [6.07, 6.45) is 1.57. The summed E-state index contributed by atoms with van der Waals surface area (Å²) < 4.78 is 11.8. The molecule has 0 bridgehead atoms. The maximum atomic E-state index is 11.8. The van der Waals surface area contributed by atoms with Crippen LogP contribution in [0.25, 0.3) is 0 Å². The Morgan fingerprint density at radius 2 is 1.83 bits per heavy atom. The van der Waals surface area contributed by atoms with Crippen LogP contribution in [0.1, 0.15) is 16.7 Å². The topological polar surface area (TPSA) is 59.9 Å². The Kier molecular flexibility index (Phi) is 6.60. The molecule has 0 aliphatic rings. The normalized spacial score (nSPS) is 10.7. The van der Waals surface area contributed by atoms with Gasteiger partial charge in [0.2, 0.25) is 0 Å². The van der Waals surface area contributed by atoms with E-state index in [9.17, 15) is 4.79 Å². The minimum atomic E-state index is -0.308. The zero-order chi connectivity index (χ0) is 17.5. The number of hydrazone groups is 1. The zero-order valence-electron chi connectivity index (χ0n) is 13.8. The standard InChI is InChI=1S/C18H19IN2O3/c1-12-8-15(19)9-13(2)18(12)24-11-17(22)21-20-10-14-4-6-16(23-3)7-5-14/h4-10H,11H2,1-3H3,(H,21,22)/b20-10-.